The summed E-state index contributed by atoms with van der Waals surface area (Å²) in [5.74, 6) is -0.132. The number of hydrogen-bond acceptors (Lipinski definition) is 5. The lowest BCUT2D eigenvalue weighted by Crippen LogP contribution is -2.15. The molecular formula is C17H12O4S. The third kappa shape index (κ3) is 2.51. The molecule has 4 nitrogen and oxygen atoms in total. The topological polar surface area (TPSA) is 63.6 Å². The predicted octanol–water partition coefficient (Wildman–Crippen LogP) is 3.46. The summed E-state index contributed by atoms with van der Waals surface area (Å²) in [4.78, 5) is 25.7. The second-order valence-corrected chi connectivity index (χ2v) is 5.80. The van der Waals surface area contributed by atoms with Crippen molar-refractivity contribution < 1.29 is 19.4 Å². The molecule has 0 saturated heterocycles. The zero-order chi connectivity index (χ0) is 15.7. The van der Waals surface area contributed by atoms with Crippen LogP contribution < -0.4 is 4.74 Å². The molecule has 110 valence electrons. The number of carbonyl (C=O) groups excluding carboxylic acids is 2. The molecule has 2 aromatic rings. The van der Waals surface area contributed by atoms with Gasteiger partial charge in [-0.25, -0.2) is 0 Å². The number of ether oxygens (including phenoxy) is 1. The lowest BCUT2D eigenvalue weighted by atomic mass is 9.94. The fourth-order valence-electron chi connectivity index (χ4n) is 2.24. The Kier molecular flexibility index (Phi) is 3.73. The van der Waals surface area contributed by atoms with Crippen LogP contribution in [0.4, 0.5) is 0 Å². The molecule has 0 radical (unpaired) electrons. The summed E-state index contributed by atoms with van der Waals surface area (Å²) in [5, 5.41) is 9.88. The van der Waals surface area contributed by atoms with Crippen LogP contribution in [0.25, 0.3) is 0 Å². The van der Waals surface area contributed by atoms with E-state index < -0.39 is 0 Å². The minimum Gasteiger partial charge on any atom is -0.507 e. The van der Waals surface area contributed by atoms with E-state index in [2.05, 4.69) is 0 Å². The second kappa shape index (κ2) is 5.69. The van der Waals surface area contributed by atoms with E-state index in [4.69, 9.17) is 4.74 Å². The highest BCUT2D eigenvalue weighted by molar-refractivity contribution is 8.04. The van der Waals surface area contributed by atoms with Gasteiger partial charge in [-0.2, -0.15) is 0 Å². The molecule has 3 rings (SSSR count). The fraction of sp³-hybridized carbons (Fsp3) is 0.0588. The SMILES string of the molecule is COc1cccc(SC2=CC(=O)c3cccc(O)c3C2=O)c1. The van der Waals surface area contributed by atoms with Crippen molar-refractivity contribution in [2.45, 2.75) is 4.90 Å². The zero-order valence-electron chi connectivity index (χ0n) is 11.7. The summed E-state index contributed by atoms with van der Waals surface area (Å²) in [7, 11) is 1.56. The predicted molar refractivity (Wildman–Crippen MR) is 83.7 cm³/mol. The number of fused-ring (bicyclic) bond motifs is 1. The Hall–Kier alpha value is -2.53. The van der Waals surface area contributed by atoms with Crippen molar-refractivity contribution in [1.29, 1.82) is 0 Å². The number of benzene rings is 2. The van der Waals surface area contributed by atoms with E-state index >= 15 is 0 Å². The first-order chi connectivity index (χ1) is 10.6. The van der Waals surface area contributed by atoms with Gasteiger partial charge in [-0.05, 0) is 24.3 Å². The number of carbonyl (C=O) groups is 2. The van der Waals surface area contributed by atoms with Gasteiger partial charge in [-0.15, -0.1) is 0 Å². The van der Waals surface area contributed by atoms with Gasteiger partial charge in [-0.3, -0.25) is 9.59 Å². The molecule has 0 spiro atoms. The minimum atomic E-state index is -0.347. The molecule has 1 aliphatic carbocycles. The van der Waals surface area contributed by atoms with E-state index in [1.807, 2.05) is 12.1 Å². The number of allylic oxidation sites excluding steroid dienone is 2. The number of aromatic hydroxyl groups is 1. The van der Waals surface area contributed by atoms with Gasteiger partial charge < -0.3 is 9.84 Å². The Morgan fingerprint density at radius 2 is 1.86 bits per heavy atom. The Morgan fingerprint density at radius 1 is 1.09 bits per heavy atom. The molecule has 2 aromatic carbocycles. The molecule has 0 heterocycles. The zero-order valence-corrected chi connectivity index (χ0v) is 12.5. The average molecular weight is 312 g/mol. The largest absolute Gasteiger partial charge is 0.507 e. The summed E-state index contributed by atoms with van der Waals surface area (Å²) < 4.78 is 5.14. The summed E-state index contributed by atoms with van der Waals surface area (Å²) in [5.41, 5.74) is 0.306. The van der Waals surface area contributed by atoms with E-state index in [0.717, 1.165) is 4.90 Å². The molecule has 1 N–H and O–H groups in total. The van der Waals surface area contributed by atoms with E-state index in [1.165, 1.54) is 23.9 Å². The number of hydrogen-bond donors (Lipinski definition) is 1. The van der Waals surface area contributed by atoms with Crippen molar-refractivity contribution in [2.24, 2.45) is 0 Å². The van der Waals surface area contributed by atoms with Crippen LogP contribution in [0, 0.1) is 0 Å². The molecule has 0 saturated carbocycles. The number of thioether (sulfide) groups is 1. The Bertz CT molecular complexity index is 808. The Morgan fingerprint density at radius 3 is 2.64 bits per heavy atom. The summed E-state index contributed by atoms with van der Waals surface area (Å²) in [6.45, 7) is 0. The maximum absolute atomic E-state index is 12.5. The molecule has 0 bridgehead atoms. The Labute approximate surface area is 131 Å². The van der Waals surface area contributed by atoms with Crippen LogP contribution >= 0.6 is 11.8 Å². The van der Waals surface area contributed by atoms with Gasteiger partial charge in [0.05, 0.1) is 17.6 Å². The number of phenols is 1. The highest BCUT2D eigenvalue weighted by Gasteiger charge is 2.28. The van der Waals surface area contributed by atoms with Crippen LogP contribution in [-0.4, -0.2) is 23.8 Å². The average Bonchev–Trinajstić information content (AvgIpc) is 2.52. The van der Waals surface area contributed by atoms with Crippen LogP contribution in [-0.2, 0) is 0 Å². The normalized spacial score (nSPS) is 13.6. The molecule has 5 heteroatoms. The van der Waals surface area contributed by atoms with E-state index in [9.17, 15) is 14.7 Å². The molecule has 22 heavy (non-hydrogen) atoms. The van der Waals surface area contributed by atoms with Gasteiger partial charge in [0.25, 0.3) is 0 Å². The molecule has 0 atom stereocenters. The fourth-order valence-corrected chi connectivity index (χ4v) is 3.17. The highest BCUT2D eigenvalue weighted by atomic mass is 32.2. The van der Waals surface area contributed by atoms with Gasteiger partial charge in [0, 0.05) is 16.5 Å². The lowest BCUT2D eigenvalue weighted by Gasteiger charge is -2.15. The van der Waals surface area contributed by atoms with Crippen molar-refractivity contribution in [3.05, 3.63) is 64.6 Å². The molecule has 0 aromatic heterocycles. The maximum atomic E-state index is 12.5. The van der Waals surface area contributed by atoms with E-state index in [0.29, 0.717) is 5.75 Å². The molecule has 0 unspecified atom stereocenters. The van der Waals surface area contributed by atoms with E-state index in [1.54, 1.807) is 31.4 Å². The monoisotopic (exact) mass is 312 g/mol. The van der Waals surface area contributed by atoms with Gasteiger partial charge >= 0.3 is 0 Å². The highest BCUT2D eigenvalue weighted by Crippen LogP contribution is 2.37. The summed E-state index contributed by atoms with van der Waals surface area (Å²) in [6, 6.07) is 11.7. The molecular weight excluding hydrogens is 300 g/mol. The summed E-state index contributed by atoms with van der Waals surface area (Å²) in [6.07, 6.45) is 1.31. The van der Waals surface area contributed by atoms with Crippen LogP contribution in [0.2, 0.25) is 0 Å². The number of ketones is 2. The van der Waals surface area contributed by atoms with Crippen molar-refractivity contribution in [2.75, 3.05) is 7.11 Å². The first-order valence-corrected chi connectivity index (χ1v) is 7.36. The van der Waals surface area contributed by atoms with Crippen molar-refractivity contribution in [1.82, 2.24) is 0 Å². The minimum absolute atomic E-state index is 0.0698. The lowest BCUT2D eigenvalue weighted by molar-refractivity contribution is 0.0989. The van der Waals surface area contributed by atoms with Gasteiger partial charge in [-0.1, -0.05) is 30.0 Å². The van der Waals surface area contributed by atoms with Crippen molar-refractivity contribution in [3.8, 4) is 11.5 Å². The number of phenolic OH excluding ortho intramolecular Hbond substituents is 1. The standard InChI is InChI=1S/C17H12O4S/c1-21-10-4-2-5-11(8-10)22-15-9-14(19)12-6-3-7-13(18)16(12)17(15)20/h2-9,18H,1H3. The summed E-state index contributed by atoms with van der Waals surface area (Å²) >= 11 is 1.18. The number of methoxy groups -OCH3 is 1. The van der Waals surface area contributed by atoms with Crippen LogP contribution in [0.5, 0.6) is 11.5 Å². The van der Waals surface area contributed by atoms with Crippen LogP contribution in [0.3, 0.4) is 0 Å². The van der Waals surface area contributed by atoms with Crippen molar-refractivity contribution >= 4 is 23.3 Å². The third-order valence-electron chi connectivity index (χ3n) is 3.29. The van der Waals surface area contributed by atoms with Gasteiger partial charge in [0.15, 0.2) is 5.78 Å². The Balaban J connectivity index is 1.97. The van der Waals surface area contributed by atoms with Gasteiger partial charge in [0.1, 0.15) is 11.5 Å². The van der Waals surface area contributed by atoms with Crippen molar-refractivity contribution in [3.63, 3.8) is 0 Å². The maximum Gasteiger partial charge on any atom is 0.204 e. The first kappa shape index (κ1) is 14.4. The first-order valence-electron chi connectivity index (χ1n) is 6.55. The third-order valence-corrected chi connectivity index (χ3v) is 4.30. The second-order valence-electron chi connectivity index (χ2n) is 4.68. The van der Waals surface area contributed by atoms with Crippen LogP contribution in [0.1, 0.15) is 20.7 Å². The smallest absolute Gasteiger partial charge is 0.204 e. The quantitative estimate of drug-likeness (QED) is 0.940. The van der Waals surface area contributed by atoms with Crippen LogP contribution in [0.15, 0.2) is 58.3 Å². The molecule has 1 aliphatic rings. The molecule has 0 fully saturated rings. The number of Topliss-reactive ketones (excluding diaryl/α,β-unsaturated/α-hetero) is 1. The van der Waals surface area contributed by atoms with E-state index in [-0.39, 0.29) is 33.3 Å². The van der Waals surface area contributed by atoms with Gasteiger partial charge in [0.2, 0.25) is 5.78 Å². The number of rotatable bonds is 3. The molecule has 0 amide bonds. The molecule has 0 aliphatic heterocycles.